The Morgan fingerprint density at radius 3 is 2.45 bits per heavy atom. The van der Waals surface area contributed by atoms with Gasteiger partial charge in [0, 0.05) is 6.54 Å². The van der Waals surface area contributed by atoms with E-state index in [9.17, 15) is 9.59 Å². The number of urea groups is 1. The molecule has 0 unspecified atom stereocenters. The van der Waals surface area contributed by atoms with Crippen LogP contribution in [0.2, 0.25) is 10.0 Å². The minimum Gasteiger partial charge on any atom is -0.497 e. The molecule has 0 bridgehead atoms. The SMILES string of the molecule is CC[C@]1(c2ccc(OC)cc2)NC(=O)N(CN(C)Cc2cccc(Cl)c2Cl)C1=O. The monoisotopic (exact) mass is 435 g/mol. The van der Waals surface area contributed by atoms with Crippen molar-refractivity contribution in [3.63, 3.8) is 0 Å². The van der Waals surface area contributed by atoms with Crippen molar-refractivity contribution in [2.45, 2.75) is 25.4 Å². The van der Waals surface area contributed by atoms with Crippen molar-refractivity contribution in [3.8, 4) is 5.75 Å². The maximum absolute atomic E-state index is 13.3. The van der Waals surface area contributed by atoms with Gasteiger partial charge in [0.2, 0.25) is 0 Å². The van der Waals surface area contributed by atoms with E-state index in [0.29, 0.717) is 28.8 Å². The van der Waals surface area contributed by atoms with E-state index in [-0.39, 0.29) is 12.6 Å². The Labute approximate surface area is 180 Å². The standard InChI is InChI=1S/C21H23Cl2N3O3/c1-4-21(15-8-10-16(29-3)11-9-15)19(27)26(20(28)24-21)13-25(2)12-14-6-5-7-17(22)18(14)23/h5-11H,4,12-13H2,1-3H3,(H,24,28)/t21-/m1/s1. The second-order valence-corrected chi connectivity index (χ2v) is 7.80. The molecule has 3 amide bonds. The van der Waals surface area contributed by atoms with Gasteiger partial charge in [-0.15, -0.1) is 0 Å². The highest BCUT2D eigenvalue weighted by Crippen LogP contribution is 2.33. The van der Waals surface area contributed by atoms with E-state index in [2.05, 4.69) is 5.32 Å². The molecular weight excluding hydrogens is 413 g/mol. The third-order valence-corrected chi connectivity index (χ3v) is 6.00. The van der Waals surface area contributed by atoms with Crippen molar-refractivity contribution in [1.82, 2.24) is 15.1 Å². The third-order valence-electron chi connectivity index (χ3n) is 5.14. The molecule has 1 fully saturated rings. The quantitative estimate of drug-likeness (QED) is 0.660. The van der Waals surface area contributed by atoms with Crippen LogP contribution in [0.25, 0.3) is 0 Å². The summed E-state index contributed by atoms with van der Waals surface area (Å²) in [7, 11) is 3.40. The van der Waals surface area contributed by atoms with E-state index in [1.807, 2.05) is 31.0 Å². The summed E-state index contributed by atoms with van der Waals surface area (Å²) in [5, 5.41) is 3.82. The average Bonchev–Trinajstić information content (AvgIpc) is 2.96. The van der Waals surface area contributed by atoms with Crippen LogP contribution in [0, 0.1) is 0 Å². The molecule has 0 aliphatic carbocycles. The fourth-order valence-corrected chi connectivity index (χ4v) is 3.90. The van der Waals surface area contributed by atoms with Gasteiger partial charge in [0.1, 0.15) is 11.3 Å². The topological polar surface area (TPSA) is 61.9 Å². The van der Waals surface area contributed by atoms with E-state index < -0.39 is 11.6 Å². The van der Waals surface area contributed by atoms with E-state index in [1.165, 1.54) is 4.90 Å². The molecule has 6 nitrogen and oxygen atoms in total. The van der Waals surface area contributed by atoms with Crippen LogP contribution in [-0.2, 0) is 16.9 Å². The molecule has 0 saturated carbocycles. The van der Waals surface area contributed by atoms with E-state index in [0.717, 1.165) is 11.1 Å². The number of methoxy groups -OCH3 is 1. The highest BCUT2D eigenvalue weighted by molar-refractivity contribution is 6.42. The first kappa shape index (κ1) is 21.4. The maximum atomic E-state index is 13.3. The summed E-state index contributed by atoms with van der Waals surface area (Å²) in [5.41, 5.74) is 0.463. The number of rotatable bonds is 7. The van der Waals surface area contributed by atoms with Crippen LogP contribution in [-0.4, -0.2) is 42.6 Å². The van der Waals surface area contributed by atoms with Gasteiger partial charge in [-0.2, -0.15) is 0 Å². The van der Waals surface area contributed by atoms with Crippen molar-refractivity contribution in [2.75, 3.05) is 20.8 Å². The van der Waals surface area contributed by atoms with Crippen LogP contribution in [0.1, 0.15) is 24.5 Å². The summed E-state index contributed by atoms with van der Waals surface area (Å²) >= 11 is 12.3. The van der Waals surface area contributed by atoms with Gasteiger partial charge >= 0.3 is 6.03 Å². The van der Waals surface area contributed by atoms with Crippen LogP contribution in [0.15, 0.2) is 42.5 Å². The molecular formula is C21H23Cl2N3O3. The number of hydrogen-bond donors (Lipinski definition) is 1. The van der Waals surface area contributed by atoms with Crippen molar-refractivity contribution in [1.29, 1.82) is 0 Å². The van der Waals surface area contributed by atoms with Gasteiger partial charge in [0.15, 0.2) is 0 Å². The molecule has 2 aromatic carbocycles. The zero-order valence-electron chi connectivity index (χ0n) is 16.5. The van der Waals surface area contributed by atoms with Gasteiger partial charge in [0.25, 0.3) is 5.91 Å². The summed E-state index contributed by atoms with van der Waals surface area (Å²) in [4.78, 5) is 29.0. The fraction of sp³-hybridized carbons (Fsp3) is 0.333. The number of nitrogens with zero attached hydrogens (tertiary/aromatic N) is 2. The Balaban J connectivity index is 1.79. The van der Waals surface area contributed by atoms with Crippen LogP contribution < -0.4 is 10.1 Å². The zero-order valence-corrected chi connectivity index (χ0v) is 18.0. The van der Waals surface area contributed by atoms with Crippen LogP contribution in [0.3, 0.4) is 0 Å². The molecule has 1 aliphatic heterocycles. The Bertz CT molecular complexity index is 920. The lowest BCUT2D eigenvalue weighted by molar-refractivity contribution is -0.133. The van der Waals surface area contributed by atoms with Gasteiger partial charge in [-0.1, -0.05) is 54.4 Å². The van der Waals surface area contributed by atoms with E-state index >= 15 is 0 Å². The Hall–Kier alpha value is -2.28. The number of amides is 3. The van der Waals surface area contributed by atoms with Crippen molar-refractivity contribution in [2.24, 2.45) is 0 Å². The van der Waals surface area contributed by atoms with Crippen molar-refractivity contribution in [3.05, 3.63) is 63.6 Å². The smallest absolute Gasteiger partial charge is 0.326 e. The van der Waals surface area contributed by atoms with Gasteiger partial charge in [0.05, 0.1) is 23.8 Å². The molecule has 0 spiro atoms. The molecule has 154 valence electrons. The number of imide groups is 1. The molecule has 0 radical (unpaired) electrons. The molecule has 1 aliphatic rings. The first-order valence-electron chi connectivity index (χ1n) is 9.22. The highest BCUT2D eigenvalue weighted by atomic mass is 35.5. The molecule has 1 saturated heterocycles. The van der Waals surface area contributed by atoms with Gasteiger partial charge in [-0.25, -0.2) is 9.69 Å². The molecule has 1 atom stereocenters. The molecule has 0 aromatic heterocycles. The zero-order chi connectivity index (χ0) is 21.2. The van der Waals surface area contributed by atoms with Crippen LogP contribution in [0.4, 0.5) is 4.79 Å². The lowest BCUT2D eigenvalue weighted by atomic mass is 9.87. The molecule has 2 aromatic rings. The fourth-order valence-electron chi connectivity index (χ4n) is 3.52. The Kier molecular flexibility index (Phi) is 6.36. The Morgan fingerprint density at radius 2 is 1.83 bits per heavy atom. The summed E-state index contributed by atoms with van der Waals surface area (Å²) in [5.74, 6) is 0.408. The first-order valence-corrected chi connectivity index (χ1v) is 9.98. The normalized spacial score (nSPS) is 19.0. The number of ether oxygens (including phenoxy) is 1. The third kappa shape index (κ3) is 4.06. The number of hydrogen-bond acceptors (Lipinski definition) is 4. The second kappa shape index (κ2) is 8.61. The minimum atomic E-state index is -1.09. The number of benzene rings is 2. The molecule has 29 heavy (non-hydrogen) atoms. The van der Waals surface area contributed by atoms with Crippen molar-refractivity contribution < 1.29 is 14.3 Å². The Morgan fingerprint density at radius 1 is 1.14 bits per heavy atom. The number of carbonyl (C=O) groups excluding carboxylic acids is 2. The van der Waals surface area contributed by atoms with E-state index in [4.69, 9.17) is 27.9 Å². The summed E-state index contributed by atoms with van der Waals surface area (Å²) in [6.07, 6.45) is 0.435. The van der Waals surface area contributed by atoms with Gasteiger partial charge in [-0.05, 0) is 42.8 Å². The molecule has 1 heterocycles. The van der Waals surface area contributed by atoms with E-state index in [1.54, 1.807) is 37.4 Å². The minimum absolute atomic E-state index is 0.130. The van der Waals surface area contributed by atoms with Gasteiger partial charge < -0.3 is 10.1 Å². The summed E-state index contributed by atoms with van der Waals surface area (Å²) in [6.45, 7) is 2.45. The predicted molar refractivity (Wildman–Crippen MR) is 113 cm³/mol. The summed E-state index contributed by atoms with van der Waals surface area (Å²) in [6, 6.07) is 12.1. The molecule has 1 N–H and O–H groups in total. The van der Waals surface area contributed by atoms with Crippen LogP contribution in [0.5, 0.6) is 5.75 Å². The summed E-state index contributed by atoms with van der Waals surface area (Å²) < 4.78 is 5.19. The largest absolute Gasteiger partial charge is 0.497 e. The molecule has 3 rings (SSSR count). The molecule has 8 heteroatoms. The second-order valence-electron chi connectivity index (χ2n) is 7.02. The predicted octanol–water partition coefficient (Wildman–Crippen LogP) is 4.25. The highest BCUT2D eigenvalue weighted by Gasteiger charge is 2.51. The number of carbonyl (C=O) groups is 2. The lowest BCUT2D eigenvalue weighted by Crippen LogP contribution is -2.44. The van der Waals surface area contributed by atoms with Crippen LogP contribution >= 0.6 is 23.2 Å². The average molecular weight is 436 g/mol. The first-order chi connectivity index (χ1) is 13.8. The number of nitrogens with one attached hydrogen (secondary N) is 1. The van der Waals surface area contributed by atoms with Crippen molar-refractivity contribution >= 4 is 35.1 Å². The lowest BCUT2D eigenvalue weighted by Gasteiger charge is -2.27. The maximum Gasteiger partial charge on any atom is 0.326 e. The number of halogens is 2. The van der Waals surface area contributed by atoms with Gasteiger partial charge in [-0.3, -0.25) is 9.69 Å².